The molecule has 1 atom stereocenters. The second-order valence-corrected chi connectivity index (χ2v) is 5.33. The number of likely N-dealkylation sites (N-methyl/N-ethyl adjacent to an activating group) is 2. The summed E-state index contributed by atoms with van der Waals surface area (Å²) in [5.74, 6) is 0. The molecule has 0 fully saturated rings. The Balaban J connectivity index is 2.67. The van der Waals surface area contributed by atoms with Crippen LogP contribution in [0.5, 0.6) is 0 Å². The van der Waals surface area contributed by atoms with Gasteiger partial charge in [0.2, 0.25) is 0 Å². The third-order valence-electron chi connectivity index (χ3n) is 3.42. The standard InChI is InChI=1S/C15H23F3N2/c1-11-5-6-13(12(2)9-11)14(19-3)10-20(4)8-7-15(16,17)18/h5-6,9,14,19H,7-8,10H2,1-4H3. The van der Waals surface area contributed by atoms with Crippen LogP contribution in [0.3, 0.4) is 0 Å². The number of benzene rings is 1. The minimum Gasteiger partial charge on any atom is -0.312 e. The van der Waals surface area contributed by atoms with E-state index in [0.717, 1.165) is 11.1 Å². The SMILES string of the molecule is CNC(CN(C)CCC(F)(F)F)c1ccc(C)cc1C. The first-order chi connectivity index (χ1) is 9.23. The van der Waals surface area contributed by atoms with Crippen molar-refractivity contribution < 1.29 is 13.2 Å². The molecule has 0 aliphatic rings. The molecule has 0 bridgehead atoms. The van der Waals surface area contributed by atoms with Gasteiger partial charge in [-0.2, -0.15) is 13.2 Å². The molecule has 2 nitrogen and oxygen atoms in total. The van der Waals surface area contributed by atoms with Crippen LogP contribution in [0.4, 0.5) is 13.2 Å². The molecule has 0 saturated carbocycles. The summed E-state index contributed by atoms with van der Waals surface area (Å²) in [6.07, 6.45) is -4.87. The lowest BCUT2D eigenvalue weighted by atomic mass is 9.99. The Labute approximate surface area is 119 Å². The van der Waals surface area contributed by atoms with Gasteiger partial charge in [-0.1, -0.05) is 23.8 Å². The fraction of sp³-hybridized carbons (Fsp3) is 0.600. The molecule has 1 N–H and O–H groups in total. The third-order valence-corrected chi connectivity index (χ3v) is 3.42. The molecule has 0 spiro atoms. The maximum atomic E-state index is 12.2. The molecule has 0 aromatic heterocycles. The van der Waals surface area contributed by atoms with Crippen molar-refractivity contribution in [2.45, 2.75) is 32.5 Å². The number of aryl methyl sites for hydroxylation is 2. The smallest absolute Gasteiger partial charge is 0.312 e. The molecule has 114 valence electrons. The number of hydrogen-bond donors (Lipinski definition) is 1. The van der Waals surface area contributed by atoms with Crippen molar-refractivity contribution in [3.8, 4) is 0 Å². The molecular formula is C15H23F3N2. The van der Waals surface area contributed by atoms with Crippen molar-refractivity contribution >= 4 is 0 Å². The number of rotatable bonds is 6. The average Bonchev–Trinajstić information content (AvgIpc) is 2.33. The molecule has 1 unspecified atom stereocenters. The summed E-state index contributed by atoms with van der Waals surface area (Å²) in [5, 5.41) is 3.18. The maximum absolute atomic E-state index is 12.2. The van der Waals surface area contributed by atoms with Gasteiger partial charge < -0.3 is 10.2 Å². The molecular weight excluding hydrogens is 265 g/mol. The van der Waals surface area contributed by atoms with Gasteiger partial charge in [-0.3, -0.25) is 0 Å². The zero-order chi connectivity index (χ0) is 15.3. The van der Waals surface area contributed by atoms with Gasteiger partial charge in [0.15, 0.2) is 0 Å². The average molecular weight is 288 g/mol. The van der Waals surface area contributed by atoms with Gasteiger partial charge in [0.1, 0.15) is 0 Å². The number of nitrogens with one attached hydrogen (secondary N) is 1. The molecule has 1 aromatic carbocycles. The summed E-state index contributed by atoms with van der Waals surface area (Å²) in [5.41, 5.74) is 3.48. The van der Waals surface area contributed by atoms with Crippen molar-refractivity contribution in [1.29, 1.82) is 0 Å². The predicted molar refractivity (Wildman–Crippen MR) is 75.9 cm³/mol. The van der Waals surface area contributed by atoms with Gasteiger partial charge in [0, 0.05) is 19.1 Å². The first-order valence-electron chi connectivity index (χ1n) is 6.72. The Kier molecular flexibility index (Phi) is 6.02. The molecule has 1 rings (SSSR count). The maximum Gasteiger partial charge on any atom is 0.390 e. The van der Waals surface area contributed by atoms with Crippen molar-refractivity contribution in [3.63, 3.8) is 0 Å². The molecule has 1 aromatic rings. The van der Waals surface area contributed by atoms with E-state index in [9.17, 15) is 13.2 Å². The van der Waals surface area contributed by atoms with Crippen molar-refractivity contribution in [2.24, 2.45) is 0 Å². The number of hydrogen-bond acceptors (Lipinski definition) is 2. The summed E-state index contributed by atoms with van der Waals surface area (Å²) in [4.78, 5) is 1.72. The second kappa shape index (κ2) is 7.09. The number of nitrogens with zero attached hydrogens (tertiary/aromatic N) is 1. The molecule has 0 aliphatic heterocycles. The van der Waals surface area contributed by atoms with Gasteiger partial charge >= 0.3 is 6.18 Å². The first-order valence-corrected chi connectivity index (χ1v) is 6.72. The lowest BCUT2D eigenvalue weighted by molar-refractivity contribution is -0.137. The molecule has 0 aliphatic carbocycles. The first kappa shape index (κ1) is 17.0. The van der Waals surface area contributed by atoms with E-state index in [-0.39, 0.29) is 12.6 Å². The van der Waals surface area contributed by atoms with Gasteiger partial charge in [-0.25, -0.2) is 0 Å². The molecule has 0 heterocycles. The highest BCUT2D eigenvalue weighted by Crippen LogP contribution is 2.22. The van der Waals surface area contributed by atoms with Gasteiger partial charge in [0.05, 0.1) is 6.42 Å². The summed E-state index contributed by atoms with van der Waals surface area (Å²) in [6, 6.07) is 6.20. The monoisotopic (exact) mass is 288 g/mol. The molecule has 20 heavy (non-hydrogen) atoms. The fourth-order valence-corrected chi connectivity index (χ4v) is 2.28. The zero-order valence-corrected chi connectivity index (χ0v) is 12.5. The van der Waals surface area contributed by atoms with Crippen LogP contribution in [0.25, 0.3) is 0 Å². The third kappa shape index (κ3) is 5.51. The normalized spacial score (nSPS) is 13.8. The fourth-order valence-electron chi connectivity index (χ4n) is 2.28. The Bertz CT molecular complexity index is 430. The van der Waals surface area contributed by atoms with Crippen LogP contribution < -0.4 is 5.32 Å². The second-order valence-electron chi connectivity index (χ2n) is 5.33. The van der Waals surface area contributed by atoms with E-state index >= 15 is 0 Å². The largest absolute Gasteiger partial charge is 0.390 e. The summed E-state index contributed by atoms with van der Waals surface area (Å²) in [6.45, 7) is 4.63. The Morgan fingerprint density at radius 2 is 1.90 bits per heavy atom. The quantitative estimate of drug-likeness (QED) is 0.862. The van der Waals surface area contributed by atoms with E-state index in [2.05, 4.69) is 11.4 Å². The summed E-state index contributed by atoms with van der Waals surface area (Å²) < 4.78 is 36.7. The van der Waals surface area contributed by atoms with Crippen LogP contribution in [0.1, 0.15) is 29.2 Å². The lowest BCUT2D eigenvalue weighted by Gasteiger charge is -2.25. The van der Waals surface area contributed by atoms with E-state index in [1.807, 2.05) is 33.0 Å². The Morgan fingerprint density at radius 1 is 1.25 bits per heavy atom. The van der Waals surface area contributed by atoms with Crippen LogP contribution >= 0.6 is 0 Å². The highest BCUT2D eigenvalue weighted by molar-refractivity contribution is 5.33. The summed E-state index contributed by atoms with van der Waals surface area (Å²) in [7, 11) is 3.56. The Hall–Kier alpha value is -1.07. The minimum absolute atomic E-state index is 0.0204. The number of halogens is 3. The highest BCUT2D eigenvalue weighted by Gasteiger charge is 2.27. The van der Waals surface area contributed by atoms with E-state index in [1.54, 1.807) is 11.9 Å². The van der Waals surface area contributed by atoms with E-state index < -0.39 is 12.6 Å². The minimum atomic E-state index is -4.09. The summed E-state index contributed by atoms with van der Waals surface area (Å²) >= 11 is 0. The van der Waals surface area contributed by atoms with Crippen LogP contribution in [-0.2, 0) is 0 Å². The molecule has 0 amide bonds. The highest BCUT2D eigenvalue weighted by atomic mass is 19.4. The van der Waals surface area contributed by atoms with Gasteiger partial charge in [-0.05, 0) is 39.1 Å². The Morgan fingerprint density at radius 3 is 2.40 bits per heavy atom. The van der Waals surface area contributed by atoms with Crippen LogP contribution in [0.2, 0.25) is 0 Å². The van der Waals surface area contributed by atoms with E-state index in [0.29, 0.717) is 6.54 Å². The van der Waals surface area contributed by atoms with Gasteiger partial charge in [-0.15, -0.1) is 0 Å². The zero-order valence-electron chi connectivity index (χ0n) is 12.5. The molecule has 5 heteroatoms. The van der Waals surface area contributed by atoms with Crippen molar-refractivity contribution in [2.75, 3.05) is 27.2 Å². The number of alkyl halides is 3. The van der Waals surface area contributed by atoms with Crippen LogP contribution in [0, 0.1) is 13.8 Å². The van der Waals surface area contributed by atoms with Crippen LogP contribution in [-0.4, -0.2) is 38.3 Å². The lowest BCUT2D eigenvalue weighted by Crippen LogP contribution is -2.33. The van der Waals surface area contributed by atoms with Crippen LogP contribution in [0.15, 0.2) is 18.2 Å². The topological polar surface area (TPSA) is 15.3 Å². The molecule has 0 radical (unpaired) electrons. The van der Waals surface area contributed by atoms with E-state index in [1.165, 1.54) is 5.56 Å². The van der Waals surface area contributed by atoms with E-state index in [4.69, 9.17) is 0 Å². The predicted octanol–water partition coefficient (Wildman–Crippen LogP) is 3.45. The van der Waals surface area contributed by atoms with Crippen molar-refractivity contribution in [1.82, 2.24) is 10.2 Å². The van der Waals surface area contributed by atoms with Gasteiger partial charge in [0.25, 0.3) is 0 Å². The molecule has 0 saturated heterocycles. The van der Waals surface area contributed by atoms with Crippen molar-refractivity contribution in [3.05, 3.63) is 34.9 Å².